The molecule has 2 aromatic rings. The van der Waals surface area contributed by atoms with E-state index in [0.29, 0.717) is 16.3 Å². The molecule has 0 saturated heterocycles. The second-order valence-electron chi connectivity index (χ2n) is 4.46. The summed E-state index contributed by atoms with van der Waals surface area (Å²) in [5.74, 6) is 0. The molecule has 0 radical (unpaired) electrons. The van der Waals surface area contributed by atoms with E-state index in [1.54, 1.807) is 12.1 Å². The molecule has 0 aliphatic carbocycles. The average Bonchev–Trinajstić information content (AvgIpc) is 2.41. The van der Waals surface area contributed by atoms with Crippen LogP contribution in [0.25, 0.3) is 0 Å². The number of sulfonamides is 1. The van der Waals surface area contributed by atoms with Gasteiger partial charge in [0.2, 0.25) is 0 Å². The molecule has 2 rings (SSSR count). The maximum Gasteiger partial charge on any atom is 0.263 e. The van der Waals surface area contributed by atoms with E-state index in [9.17, 15) is 8.42 Å². The van der Waals surface area contributed by atoms with Crippen LogP contribution in [-0.4, -0.2) is 8.42 Å². The Morgan fingerprint density at radius 2 is 1.81 bits per heavy atom. The Bertz CT molecular complexity index is 777. The van der Waals surface area contributed by atoms with Crippen LogP contribution in [0.5, 0.6) is 0 Å². The molecule has 3 N–H and O–H groups in total. The molecule has 0 fully saturated rings. The van der Waals surface area contributed by atoms with E-state index in [0.717, 1.165) is 5.56 Å². The monoisotopic (exact) mass is 344 g/mol. The minimum Gasteiger partial charge on any atom is -0.326 e. The second kappa shape index (κ2) is 6.23. The fourth-order valence-electron chi connectivity index (χ4n) is 1.86. The van der Waals surface area contributed by atoms with Gasteiger partial charge < -0.3 is 5.73 Å². The molecule has 0 saturated carbocycles. The van der Waals surface area contributed by atoms with Crippen molar-refractivity contribution in [2.75, 3.05) is 4.72 Å². The second-order valence-corrected chi connectivity index (χ2v) is 6.90. The van der Waals surface area contributed by atoms with Gasteiger partial charge in [-0.3, -0.25) is 4.72 Å². The van der Waals surface area contributed by atoms with Crippen molar-refractivity contribution in [3.63, 3.8) is 0 Å². The third kappa shape index (κ3) is 3.32. The molecule has 0 aliphatic rings. The van der Waals surface area contributed by atoms with E-state index < -0.39 is 10.0 Å². The smallest absolute Gasteiger partial charge is 0.263 e. The van der Waals surface area contributed by atoms with Crippen LogP contribution < -0.4 is 10.5 Å². The van der Waals surface area contributed by atoms with Crippen molar-refractivity contribution in [3.05, 3.63) is 57.6 Å². The lowest BCUT2D eigenvalue weighted by molar-refractivity contribution is 0.601. The Balaban J connectivity index is 2.48. The number of para-hydroxylation sites is 1. The first kappa shape index (κ1) is 16.1. The van der Waals surface area contributed by atoms with Crippen molar-refractivity contribution >= 4 is 38.9 Å². The predicted molar refractivity (Wildman–Crippen MR) is 86.3 cm³/mol. The van der Waals surface area contributed by atoms with Gasteiger partial charge in [-0.25, -0.2) is 8.42 Å². The van der Waals surface area contributed by atoms with E-state index >= 15 is 0 Å². The number of benzene rings is 2. The summed E-state index contributed by atoms with van der Waals surface area (Å²) < 4.78 is 27.5. The van der Waals surface area contributed by atoms with E-state index in [-0.39, 0.29) is 16.5 Å². The van der Waals surface area contributed by atoms with Gasteiger partial charge in [0, 0.05) is 17.1 Å². The first-order valence-corrected chi connectivity index (χ1v) is 8.36. The Labute approximate surface area is 133 Å². The normalized spacial score (nSPS) is 11.4. The minimum absolute atomic E-state index is 0.0442. The topological polar surface area (TPSA) is 72.2 Å². The third-order valence-corrected chi connectivity index (χ3v) is 5.34. The summed E-state index contributed by atoms with van der Waals surface area (Å²) >= 11 is 12.1. The lowest BCUT2D eigenvalue weighted by Gasteiger charge is -2.13. The van der Waals surface area contributed by atoms with Crippen LogP contribution in [0.1, 0.15) is 11.1 Å². The summed E-state index contributed by atoms with van der Waals surface area (Å²) in [6, 6.07) is 9.91. The van der Waals surface area contributed by atoms with Crippen molar-refractivity contribution in [2.45, 2.75) is 18.4 Å². The molecule has 0 aromatic heterocycles. The van der Waals surface area contributed by atoms with E-state index in [1.165, 1.54) is 12.1 Å². The highest BCUT2D eigenvalue weighted by Crippen LogP contribution is 2.32. The van der Waals surface area contributed by atoms with Gasteiger partial charge in [-0.1, -0.05) is 41.4 Å². The summed E-state index contributed by atoms with van der Waals surface area (Å²) in [6.07, 6.45) is 0. The van der Waals surface area contributed by atoms with Crippen molar-refractivity contribution < 1.29 is 8.42 Å². The summed E-state index contributed by atoms with van der Waals surface area (Å²) in [7, 11) is -3.81. The van der Waals surface area contributed by atoms with Crippen LogP contribution in [-0.2, 0) is 16.6 Å². The van der Waals surface area contributed by atoms with Crippen LogP contribution >= 0.6 is 23.2 Å². The van der Waals surface area contributed by atoms with Gasteiger partial charge in [-0.05, 0) is 30.7 Å². The van der Waals surface area contributed by atoms with Gasteiger partial charge in [0.25, 0.3) is 10.0 Å². The highest BCUT2D eigenvalue weighted by atomic mass is 35.5. The lowest BCUT2D eigenvalue weighted by Crippen LogP contribution is -2.15. The molecule has 2 aromatic carbocycles. The van der Waals surface area contributed by atoms with Crippen molar-refractivity contribution in [1.82, 2.24) is 0 Å². The average molecular weight is 345 g/mol. The zero-order valence-electron chi connectivity index (χ0n) is 11.2. The molecular weight excluding hydrogens is 331 g/mol. The standard InChI is InChI=1S/C14H14Cl2N2O2S/c1-9-4-2-3-5-12(9)18-21(19,20)13-7-6-11(15)10(8-17)14(13)16/h2-7,18H,8,17H2,1H3. The largest absolute Gasteiger partial charge is 0.326 e. The maximum atomic E-state index is 12.5. The molecule has 7 heteroatoms. The highest BCUT2D eigenvalue weighted by molar-refractivity contribution is 7.92. The number of aryl methyl sites for hydroxylation is 1. The molecule has 0 amide bonds. The maximum absolute atomic E-state index is 12.5. The zero-order chi connectivity index (χ0) is 15.6. The summed E-state index contributed by atoms with van der Waals surface area (Å²) in [5.41, 5.74) is 7.27. The van der Waals surface area contributed by atoms with Crippen molar-refractivity contribution in [1.29, 1.82) is 0 Å². The van der Waals surface area contributed by atoms with Gasteiger partial charge >= 0.3 is 0 Å². The summed E-state index contributed by atoms with van der Waals surface area (Å²) in [4.78, 5) is -0.0442. The van der Waals surface area contributed by atoms with Crippen LogP contribution in [0.2, 0.25) is 10.0 Å². The molecule has 0 atom stereocenters. The number of anilines is 1. The van der Waals surface area contributed by atoms with E-state index in [2.05, 4.69) is 4.72 Å². The predicted octanol–water partition coefficient (Wildman–Crippen LogP) is 3.56. The highest BCUT2D eigenvalue weighted by Gasteiger charge is 2.21. The third-order valence-electron chi connectivity index (χ3n) is 3.03. The number of hydrogen-bond acceptors (Lipinski definition) is 3. The van der Waals surface area contributed by atoms with Gasteiger partial charge in [-0.15, -0.1) is 0 Å². The minimum atomic E-state index is -3.81. The molecule has 0 bridgehead atoms. The Morgan fingerprint density at radius 1 is 1.14 bits per heavy atom. The van der Waals surface area contributed by atoms with Gasteiger partial charge in [0.15, 0.2) is 0 Å². The van der Waals surface area contributed by atoms with E-state index in [4.69, 9.17) is 28.9 Å². The lowest BCUT2D eigenvalue weighted by atomic mass is 10.2. The van der Waals surface area contributed by atoms with E-state index in [1.807, 2.05) is 19.1 Å². The van der Waals surface area contributed by atoms with Crippen LogP contribution in [0.3, 0.4) is 0 Å². The van der Waals surface area contributed by atoms with Gasteiger partial charge in [-0.2, -0.15) is 0 Å². The molecular formula is C14H14Cl2N2O2S. The Morgan fingerprint density at radius 3 is 2.43 bits per heavy atom. The molecule has 0 unspecified atom stereocenters. The van der Waals surface area contributed by atoms with Crippen molar-refractivity contribution in [2.24, 2.45) is 5.73 Å². The summed E-state index contributed by atoms with van der Waals surface area (Å²) in [5, 5.41) is 0.392. The van der Waals surface area contributed by atoms with Crippen LogP contribution in [0, 0.1) is 6.92 Å². The Hall–Kier alpha value is -1.27. The summed E-state index contributed by atoms with van der Waals surface area (Å²) in [6.45, 7) is 1.87. The van der Waals surface area contributed by atoms with Gasteiger partial charge in [0.1, 0.15) is 4.90 Å². The number of rotatable bonds is 4. The quantitative estimate of drug-likeness (QED) is 0.890. The fraction of sp³-hybridized carbons (Fsp3) is 0.143. The van der Waals surface area contributed by atoms with Crippen LogP contribution in [0.4, 0.5) is 5.69 Å². The number of nitrogens with one attached hydrogen (secondary N) is 1. The molecule has 0 spiro atoms. The fourth-order valence-corrected chi connectivity index (χ4v) is 3.92. The van der Waals surface area contributed by atoms with Gasteiger partial charge in [0.05, 0.1) is 10.7 Å². The first-order valence-electron chi connectivity index (χ1n) is 6.12. The first-order chi connectivity index (χ1) is 9.86. The zero-order valence-corrected chi connectivity index (χ0v) is 13.6. The molecule has 4 nitrogen and oxygen atoms in total. The Kier molecular flexibility index (Phi) is 4.78. The molecule has 0 aliphatic heterocycles. The number of nitrogens with two attached hydrogens (primary N) is 1. The molecule has 0 heterocycles. The SMILES string of the molecule is Cc1ccccc1NS(=O)(=O)c1ccc(Cl)c(CN)c1Cl. The molecule has 21 heavy (non-hydrogen) atoms. The van der Waals surface area contributed by atoms with Crippen molar-refractivity contribution in [3.8, 4) is 0 Å². The number of halogens is 2. The van der Waals surface area contributed by atoms with Crippen LogP contribution in [0.15, 0.2) is 41.3 Å². The number of hydrogen-bond donors (Lipinski definition) is 2. The molecule has 112 valence electrons.